The molecule has 5 rings (SSSR count). The number of aromatic nitrogens is 5. The number of aryl methyl sites for hydroxylation is 1. The molecule has 3 aromatic heterocycles. The van der Waals surface area contributed by atoms with Gasteiger partial charge in [-0.25, -0.2) is 4.98 Å². The summed E-state index contributed by atoms with van der Waals surface area (Å²) in [5.74, 6) is 0. The zero-order chi connectivity index (χ0) is 22.2. The fraction of sp³-hybridized carbons (Fsp3) is 0.333. The third kappa shape index (κ3) is 3.61. The first-order valence-electron chi connectivity index (χ1n) is 10.7. The van der Waals surface area contributed by atoms with Crippen LogP contribution in [0.25, 0.3) is 22.2 Å². The smallest absolute Gasteiger partial charge is 0.261 e. The molecule has 4 heterocycles. The van der Waals surface area contributed by atoms with E-state index >= 15 is 0 Å². The van der Waals surface area contributed by atoms with Gasteiger partial charge in [0.05, 0.1) is 47.9 Å². The lowest BCUT2D eigenvalue weighted by atomic mass is 9.95. The highest BCUT2D eigenvalue weighted by Crippen LogP contribution is 2.26. The van der Waals surface area contributed by atoms with Crippen LogP contribution < -0.4 is 5.56 Å². The molecule has 8 heteroatoms. The Kier molecular flexibility index (Phi) is 5.32. The average Bonchev–Trinajstić information content (AvgIpc) is 3.34. The summed E-state index contributed by atoms with van der Waals surface area (Å²) in [6.07, 6.45) is 7.51. The number of rotatable bonds is 4. The Morgan fingerprint density at radius 2 is 2.09 bits per heavy atom. The normalized spacial score (nSPS) is 18.8. The standard InChI is InChI=1S/C24H25N5O3/c1-14-15(2)23-19(24(31)29(13-26-23)21-5-6-32-12-22(21)30)8-17(14)7-16-3-4-20(25-9-16)18-10-27-28-11-18/h3-4,8-11,13,21-22,30H,5-7,12H2,1-2H3,(H,27,28)/t21-,22-/m0/s1. The van der Waals surface area contributed by atoms with E-state index < -0.39 is 6.10 Å². The maximum Gasteiger partial charge on any atom is 0.261 e. The molecule has 0 unspecified atom stereocenters. The van der Waals surface area contributed by atoms with Crippen LogP contribution in [-0.4, -0.2) is 49.2 Å². The van der Waals surface area contributed by atoms with Gasteiger partial charge in [0.25, 0.3) is 5.56 Å². The largest absolute Gasteiger partial charge is 0.389 e. The van der Waals surface area contributed by atoms with Gasteiger partial charge in [0.2, 0.25) is 0 Å². The Hall–Kier alpha value is -3.36. The molecule has 0 bridgehead atoms. The highest BCUT2D eigenvalue weighted by Gasteiger charge is 2.27. The summed E-state index contributed by atoms with van der Waals surface area (Å²) >= 11 is 0. The second-order valence-corrected chi connectivity index (χ2v) is 8.35. The molecule has 8 nitrogen and oxygen atoms in total. The molecule has 1 aliphatic rings. The molecule has 164 valence electrons. The van der Waals surface area contributed by atoms with Crippen molar-refractivity contribution in [3.05, 3.63) is 75.7 Å². The van der Waals surface area contributed by atoms with E-state index in [1.54, 1.807) is 17.1 Å². The molecule has 0 amide bonds. The summed E-state index contributed by atoms with van der Waals surface area (Å²) in [7, 11) is 0. The van der Waals surface area contributed by atoms with Crippen LogP contribution in [0.5, 0.6) is 0 Å². The van der Waals surface area contributed by atoms with Gasteiger partial charge in [0, 0.05) is 24.6 Å². The van der Waals surface area contributed by atoms with E-state index in [1.165, 1.54) is 0 Å². The predicted molar refractivity (Wildman–Crippen MR) is 121 cm³/mol. The van der Waals surface area contributed by atoms with Crippen molar-refractivity contribution in [2.45, 2.75) is 38.8 Å². The molecule has 1 fully saturated rings. The van der Waals surface area contributed by atoms with Crippen molar-refractivity contribution in [3.8, 4) is 11.3 Å². The first kappa shape index (κ1) is 20.5. The van der Waals surface area contributed by atoms with E-state index in [2.05, 4.69) is 27.1 Å². The van der Waals surface area contributed by atoms with Gasteiger partial charge in [-0.2, -0.15) is 5.10 Å². The summed E-state index contributed by atoms with van der Waals surface area (Å²) in [6, 6.07) is 5.65. The Morgan fingerprint density at radius 1 is 1.22 bits per heavy atom. The summed E-state index contributed by atoms with van der Waals surface area (Å²) in [6.45, 7) is 4.82. The Bertz CT molecular complexity index is 1310. The van der Waals surface area contributed by atoms with Crippen molar-refractivity contribution in [2.75, 3.05) is 13.2 Å². The third-order valence-electron chi connectivity index (χ3n) is 6.41. The lowest BCUT2D eigenvalue weighted by Crippen LogP contribution is -2.39. The molecule has 0 radical (unpaired) electrons. The number of benzene rings is 1. The van der Waals surface area contributed by atoms with Crippen molar-refractivity contribution < 1.29 is 9.84 Å². The number of pyridine rings is 1. The van der Waals surface area contributed by atoms with Gasteiger partial charge >= 0.3 is 0 Å². The maximum absolute atomic E-state index is 13.4. The van der Waals surface area contributed by atoms with E-state index in [1.807, 2.05) is 37.5 Å². The number of nitrogens with zero attached hydrogens (tertiary/aromatic N) is 4. The molecule has 2 N–H and O–H groups in total. The summed E-state index contributed by atoms with van der Waals surface area (Å²) < 4.78 is 6.88. The van der Waals surface area contributed by atoms with Crippen molar-refractivity contribution in [1.29, 1.82) is 0 Å². The Balaban J connectivity index is 1.52. The topological polar surface area (TPSA) is 106 Å². The molecule has 0 saturated carbocycles. The molecule has 1 saturated heterocycles. The molecule has 32 heavy (non-hydrogen) atoms. The SMILES string of the molecule is Cc1c(Cc2ccc(-c3cn[nH]c3)nc2)cc2c(=O)n([C@H]3CCOC[C@@H]3O)cnc2c1C. The quantitative estimate of drug-likeness (QED) is 0.515. The highest BCUT2D eigenvalue weighted by atomic mass is 16.5. The molecule has 4 aromatic rings. The van der Waals surface area contributed by atoms with Crippen LogP contribution in [0.4, 0.5) is 0 Å². The average molecular weight is 431 g/mol. The van der Waals surface area contributed by atoms with E-state index in [0.29, 0.717) is 30.4 Å². The van der Waals surface area contributed by atoms with Gasteiger partial charge in [-0.3, -0.25) is 19.4 Å². The molecule has 1 aliphatic heterocycles. The van der Waals surface area contributed by atoms with E-state index in [0.717, 1.165) is 33.5 Å². The summed E-state index contributed by atoms with van der Waals surface area (Å²) in [4.78, 5) is 22.5. The van der Waals surface area contributed by atoms with Crippen molar-refractivity contribution in [3.63, 3.8) is 0 Å². The third-order valence-corrected chi connectivity index (χ3v) is 6.41. The van der Waals surface area contributed by atoms with Crippen molar-refractivity contribution in [1.82, 2.24) is 24.7 Å². The van der Waals surface area contributed by atoms with Crippen molar-refractivity contribution >= 4 is 10.9 Å². The monoisotopic (exact) mass is 431 g/mol. The Labute approximate surface area is 184 Å². The summed E-state index contributed by atoms with van der Waals surface area (Å²) in [5, 5.41) is 17.7. The molecule has 2 atom stereocenters. The van der Waals surface area contributed by atoms with Crippen LogP contribution >= 0.6 is 0 Å². The van der Waals surface area contributed by atoms with Crippen LogP contribution in [0.15, 0.2) is 47.9 Å². The van der Waals surface area contributed by atoms with Gasteiger partial charge in [-0.15, -0.1) is 0 Å². The van der Waals surface area contributed by atoms with Gasteiger partial charge in [0.15, 0.2) is 0 Å². The van der Waals surface area contributed by atoms with Crippen LogP contribution in [0.1, 0.15) is 34.7 Å². The van der Waals surface area contributed by atoms with E-state index in [-0.39, 0.29) is 18.2 Å². The number of hydrogen-bond acceptors (Lipinski definition) is 6. The predicted octanol–water partition coefficient (Wildman–Crippen LogP) is 2.71. The minimum Gasteiger partial charge on any atom is -0.389 e. The lowest BCUT2D eigenvalue weighted by molar-refractivity contribution is -0.0395. The fourth-order valence-electron chi connectivity index (χ4n) is 4.38. The maximum atomic E-state index is 13.4. The van der Waals surface area contributed by atoms with Crippen LogP contribution in [0.3, 0.4) is 0 Å². The highest BCUT2D eigenvalue weighted by molar-refractivity contribution is 5.83. The van der Waals surface area contributed by atoms with Crippen LogP contribution in [-0.2, 0) is 11.2 Å². The lowest BCUT2D eigenvalue weighted by Gasteiger charge is -2.29. The minimum atomic E-state index is -0.716. The second-order valence-electron chi connectivity index (χ2n) is 8.35. The zero-order valence-electron chi connectivity index (χ0n) is 18.1. The van der Waals surface area contributed by atoms with Crippen molar-refractivity contribution in [2.24, 2.45) is 0 Å². The number of H-pyrrole nitrogens is 1. The van der Waals surface area contributed by atoms with E-state index in [9.17, 15) is 9.90 Å². The summed E-state index contributed by atoms with van der Waals surface area (Å²) in [5.41, 5.74) is 6.62. The number of ether oxygens (including phenoxy) is 1. The number of aliphatic hydroxyl groups is 1. The molecule has 0 aliphatic carbocycles. The van der Waals surface area contributed by atoms with Gasteiger partial charge in [0.1, 0.15) is 0 Å². The van der Waals surface area contributed by atoms with Crippen LogP contribution in [0, 0.1) is 13.8 Å². The molecular weight excluding hydrogens is 406 g/mol. The van der Waals surface area contributed by atoms with Crippen LogP contribution in [0.2, 0.25) is 0 Å². The first-order valence-corrected chi connectivity index (χ1v) is 10.7. The number of nitrogens with one attached hydrogen (secondary N) is 1. The number of fused-ring (bicyclic) bond motifs is 1. The van der Waals surface area contributed by atoms with E-state index in [4.69, 9.17) is 4.74 Å². The van der Waals surface area contributed by atoms with Gasteiger partial charge in [-0.05, 0) is 61.1 Å². The van der Waals surface area contributed by atoms with Gasteiger partial charge < -0.3 is 9.84 Å². The first-order chi connectivity index (χ1) is 15.5. The minimum absolute atomic E-state index is 0.126. The van der Waals surface area contributed by atoms with Gasteiger partial charge in [-0.1, -0.05) is 6.07 Å². The molecule has 0 spiro atoms. The zero-order valence-corrected chi connectivity index (χ0v) is 18.1. The second kappa shape index (κ2) is 8.29. The molecule has 1 aromatic carbocycles. The number of aromatic amines is 1. The Morgan fingerprint density at radius 3 is 2.81 bits per heavy atom. The fourth-order valence-corrected chi connectivity index (χ4v) is 4.38. The number of aliphatic hydroxyl groups excluding tert-OH is 1. The number of hydrogen-bond donors (Lipinski definition) is 2. The molecular formula is C24H25N5O3.